The number of carbonyl (C=O) groups excluding carboxylic acids is 2. The van der Waals surface area contributed by atoms with Gasteiger partial charge in [0.25, 0.3) is 0 Å². The van der Waals surface area contributed by atoms with Crippen LogP contribution in [-0.2, 0) is 33.3 Å². The van der Waals surface area contributed by atoms with E-state index in [1.165, 1.54) is 0 Å². The molecule has 3 aliphatic heterocycles. The van der Waals surface area contributed by atoms with Crippen molar-refractivity contribution in [3.63, 3.8) is 0 Å². The summed E-state index contributed by atoms with van der Waals surface area (Å²) in [6.07, 6.45) is 2.99. The Morgan fingerprint density at radius 2 is 1.67 bits per heavy atom. The number of hydrogen-bond acceptors (Lipinski definition) is 14. The van der Waals surface area contributed by atoms with Crippen molar-refractivity contribution in [2.75, 3.05) is 0 Å². The van der Waals surface area contributed by atoms with Crippen LogP contribution in [0.2, 0.25) is 0 Å². The predicted molar refractivity (Wildman–Crippen MR) is 195 cm³/mol. The Hall–Kier alpha value is -2.83. The Balaban J connectivity index is 1.90. The summed E-state index contributed by atoms with van der Waals surface area (Å²) in [7, 11) is 0. The van der Waals surface area contributed by atoms with Crippen LogP contribution in [0.25, 0.3) is 0 Å². The third-order valence-corrected chi connectivity index (χ3v) is 10.2. The van der Waals surface area contributed by atoms with Gasteiger partial charge >= 0.3 is 11.9 Å². The first-order valence-corrected chi connectivity index (χ1v) is 19.1. The largest absolute Gasteiger partial charge is 0.481 e. The number of allylic oxidation sites excluding steroid dienone is 6. The maximum absolute atomic E-state index is 13.0. The molecule has 54 heavy (non-hydrogen) atoms. The van der Waals surface area contributed by atoms with Gasteiger partial charge in [-0.05, 0) is 32.6 Å². The Morgan fingerprint density at radius 3 is 2.33 bits per heavy atom. The van der Waals surface area contributed by atoms with Crippen LogP contribution in [-0.4, -0.2) is 127 Å². The van der Waals surface area contributed by atoms with Gasteiger partial charge < -0.3 is 60.4 Å². The molecule has 3 rings (SSSR count). The highest BCUT2D eigenvalue weighted by Gasteiger charge is 2.50. The molecule has 14 atom stereocenters. The summed E-state index contributed by atoms with van der Waals surface area (Å²) < 4.78 is 23.4. The van der Waals surface area contributed by atoms with Gasteiger partial charge in [0.15, 0.2) is 12.1 Å². The summed E-state index contributed by atoms with van der Waals surface area (Å²) in [5.41, 5.74) is 6.00. The highest BCUT2D eigenvalue weighted by Crippen LogP contribution is 2.38. The minimum atomic E-state index is -2.15. The fraction of sp³-hybridized carbons (Fsp3) is 0.718. The molecule has 0 radical (unpaired) electrons. The monoisotopic (exact) mass is 767 g/mol. The number of aliphatic hydroxyl groups excluding tert-OH is 5. The third-order valence-electron chi connectivity index (χ3n) is 10.2. The quantitative estimate of drug-likeness (QED) is 0.179. The summed E-state index contributed by atoms with van der Waals surface area (Å²) in [6.45, 7) is 5.27. The van der Waals surface area contributed by atoms with E-state index >= 15 is 0 Å². The molecule has 3 heterocycles. The van der Waals surface area contributed by atoms with Crippen molar-refractivity contribution in [2.24, 2.45) is 17.6 Å². The summed E-state index contributed by atoms with van der Waals surface area (Å²) in [6, 6.07) is -1.10. The van der Waals surface area contributed by atoms with Gasteiger partial charge in [0.2, 0.25) is 0 Å². The topological polar surface area (TPSA) is 256 Å². The standard InChI is InChI=1S/C39H61NO14/c1-4-14-26-17-11-9-7-6-8-10-12-18-27(53-38-35(46)33(40)34(45)23(3)51-38)20-31-32(36(47)48)30(44)22-39(50,54-31)21-25(42)16-13-15-24(41)19-29(43)28(5-2)37(49)52-26/h6-12,18,23,25-35,38,42-46,50H,4-5,13-17,19-22,40H2,1-3H3,(H,47,48)/b7-6+,10-8+,11-9+,18-12+/t23-,25?,26-,27+,28+,29?,30+,31+,32-,33+,34-,35+,38+,39-/m1/s1. The molecule has 2 unspecified atom stereocenters. The van der Waals surface area contributed by atoms with Crippen LogP contribution in [0.1, 0.15) is 91.4 Å². The zero-order valence-corrected chi connectivity index (χ0v) is 31.5. The molecule has 2 bridgehead atoms. The molecule has 2 saturated heterocycles. The zero-order valence-electron chi connectivity index (χ0n) is 31.5. The van der Waals surface area contributed by atoms with E-state index in [1.54, 1.807) is 56.4 Å². The number of nitrogens with two attached hydrogens (primary N) is 1. The fourth-order valence-electron chi connectivity index (χ4n) is 7.15. The number of cyclic esters (lactones) is 1. The van der Waals surface area contributed by atoms with Gasteiger partial charge in [-0.25, -0.2) is 0 Å². The van der Waals surface area contributed by atoms with E-state index in [1.807, 2.05) is 13.0 Å². The average Bonchev–Trinajstić information content (AvgIpc) is 3.08. The summed E-state index contributed by atoms with van der Waals surface area (Å²) in [5.74, 6) is -6.81. The first-order valence-electron chi connectivity index (χ1n) is 19.1. The summed E-state index contributed by atoms with van der Waals surface area (Å²) in [4.78, 5) is 38.2. The molecule has 3 aliphatic rings. The van der Waals surface area contributed by atoms with Crippen molar-refractivity contribution in [2.45, 2.75) is 164 Å². The summed E-state index contributed by atoms with van der Waals surface area (Å²) >= 11 is 0. The van der Waals surface area contributed by atoms with E-state index in [9.17, 15) is 50.1 Å². The third kappa shape index (κ3) is 13.7. The number of Topliss-reactive ketones (excluding diaryl/α,β-unsaturated/α-hetero) is 1. The maximum atomic E-state index is 13.0. The lowest BCUT2D eigenvalue weighted by Crippen LogP contribution is -2.61. The van der Waals surface area contributed by atoms with Gasteiger partial charge in [-0.2, -0.15) is 0 Å². The molecule has 0 aliphatic carbocycles. The van der Waals surface area contributed by atoms with E-state index < -0.39 is 110 Å². The van der Waals surface area contributed by atoms with Crippen LogP contribution in [0.3, 0.4) is 0 Å². The van der Waals surface area contributed by atoms with Gasteiger partial charge in [-0.15, -0.1) is 0 Å². The van der Waals surface area contributed by atoms with E-state index in [2.05, 4.69) is 0 Å². The fourth-order valence-corrected chi connectivity index (χ4v) is 7.15. The molecular weight excluding hydrogens is 706 g/mol. The number of ether oxygens (including phenoxy) is 4. The first kappa shape index (κ1) is 45.6. The number of rotatable bonds is 6. The number of carbonyl (C=O) groups is 3. The lowest BCUT2D eigenvalue weighted by atomic mass is 9.83. The second-order valence-electron chi connectivity index (χ2n) is 14.7. The number of fused-ring (bicyclic) bond motifs is 2. The van der Waals surface area contributed by atoms with Crippen molar-refractivity contribution in [1.29, 1.82) is 0 Å². The molecular formula is C39H61NO14. The maximum Gasteiger partial charge on any atom is 0.311 e. The number of carboxylic acids is 1. The lowest BCUT2D eigenvalue weighted by Gasteiger charge is -2.45. The number of aliphatic carboxylic acids is 1. The van der Waals surface area contributed by atoms with Crippen molar-refractivity contribution < 1.29 is 69.1 Å². The Kier molecular flexibility index (Phi) is 18.6. The molecule has 0 aromatic carbocycles. The molecule has 9 N–H and O–H groups in total. The van der Waals surface area contributed by atoms with E-state index in [0.29, 0.717) is 12.8 Å². The summed E-state index contributed by atoms with van der Waals surface area (Å²) in [5, 5.41) is 75.1. The van der Waals surface area contributed by atoms with E-state index in [-0.39, 0.29) is 44.3 Å². The molecule has 0 aromatic heterocycles. The van der Waals surface area contributed by atoms with Crippen LogP contribution in [0.4, 0.5) is 0 Å². The Morgan fingerprint density at radius 1 is 0.981 bits per heavy atom. The van der Waals surface area contributed by atoms with E-state index in [4.69, 9.17) is 24.7 Å². The molecule has 0 spiro atoms. The smallest absolute Gasteiger partial charge is 0.311 e. The van der Waals surface area contributed by atoms with Crippen LogP contribution >= 0.6 is 0 Å². The number of esters is 1. The molecule has 0 amide bonds. The Bertz CT molecular complexity index is 1320. The normalized spacial score (nSPS) is 42.3. The second-order valence-corrected chi connectivity index (χ2v) is 14.7. The first-order chi connectivity index (χ1) is 25.6. The highest BCUT2D eigenvalue weighted by molar-refractivity contribution is 5.80. The van der Waals surface area contributed by atoms with Crippen molar-refractivity contribution in [3.05, 3.63) is 48.6 Å². The molecule has 306 valence electrons. The van der Waals surface area contributed by atoms with Gasteiger partial charge in [0, 0.05) is 38.5 Å². The highest BCUT2D eigenvalue weighted by atomic mass is 16.7. The molecule has 15 nitrogen and oxygen atoms in total. The molecule has 15 heteroatoms. The lowest BCUT2D eigenvalue weighted by molar-refractivity contribution is -0.308. The van der Waals surface area contributed by atoms with Gasteiger partial charge in [0.1, 0.15) is 23.9 Å². The molecule has 2 fully saturated rings. The minimum Gasteiger partial charge on any atom is -0.481 e. The van der Waals surface area contributed by atoms with Gasteiger partial charge in [-0.3, -0.25) is 14.4 Å². The number of aliphatic hydroxyl groups is 6. The van der Waals surface area contributed by atoms with Crippen LogP contribution in [0.15, 0.2) is 48.6 Å². The SMILES string of the molecule is CCC[C@@H]1C/C=C/C=C/C=C/C=C/[C@H](O[C@@H]2O[C@H](C)[C@@H](O)[C@H](N)[C@@H]2O)C[C@@H]2O[C@](O)(CC(O)CCCC(=O)CC(O)[C@H](CC)C(=O)O1)C[C@H](O)[C@H]2C(=O)O. The predicted octanol–water partition coefficient (Wildman–Crippen LogP) is 1.70. The number of hydrogen-bond donors (Lipinski definition) is 8. The van der Waals surface area contributed by atoms with Crippen LogP contribution in [0.5, 0.6) is 0 Å². The van der Waals surface area contributed by atoms with Crippen molar-refractivity contribution >= 4 is 17.7 Å². The van der Waals surface area contributed by atoms with E-state index in [0.717, 1.165) is 6.42 Å². The van der Waals surface area contributed by atoms with Crippen molar-refractivity contribution in [1.82, 2.24) is 0 Å². The number of carboxylic acid groups (broad SMARTS) is 1. The number of ketones is 1. The van der Waals surface area contributed by atoms with Gasteiger partial charge in [-0.1, -0.05) is 68.9 Å². The van der Waals surface area contributed by atoms with Crippen LogP contribution in [0, 0.1) is 11.8 Å². The Labute approximate surface area is 317 Å². The van der Waals surface area contributed by atoms with Gasteiger partial charge in [0.05, 0.1) is 54.7 Å². The molecule has 0 saturated carbocycles. The second kappa shape index (κ2) is 22.0. The zero-order chi connectivity index (χ0) is 40.0. The van der Waals surface area contributed by atoms with Crippen molar-refractivity contribution in [3.8, 4) is 0 Å². The van der Waals surface area contributed by atoms with Crippen LogP contribution < -0.4 is 5.73 Å². The molecule has 0 aromatic rings. The average molecular weight is 768 g/mol. The minimum absolute atomic E-state index is 0.0177.